The number of carbonyl (C=O) groups is 2. The first-order valence-electron chi connectivity index (χ1n) is 11.2. The van der Waals surface area contributed by atoms with Crippen molar-refractivity contribution in [3.8, 4) is 0 Å². The van der Waals surface area contributed by atoms with Crippen molar-refractivity contribution in [2.45, 2.75) is 67.8 Å². The molecule has 7 rings (SSSR count). The highest BCUT2D eigenvalue weighted by molar-refractivity contribution is 5.90. The van der Waals surface area contributed by atoms with Crippen LogP contribution < -0.4 is 0 Å². The first-order valence-corrected chi connectivity index (χ1v) is 11.2. The van der Waals surface area contributed by atoms with Gasteiger partial charge in [-0.3, -0.25) is 4.79 Å². The standard InChI is InChI=1S/C23H26O10/c1-21-8-13-12-7-23(21,32-17-16(26)15(25)14(9-24)30-19(17)33-21)22(12,20(28)31-13)10-29-18(27)11-5-3-2-4-6-11/h2-6,12-17,19,24-26H,7-10H2,1H3. The molecule has 3 heterocycles. The molecule has 0 radical (unpaired) electrons. The lowest BCUT2D eigenvalue weighted by Gasteiger charge is -2.72. The molecular formula is C23H26O10. The minimum atomic E-state index is -1.40. The Morgan fingerprint density at radius 1 is 1.15 bits per heavy atom. The number of rotatable bonds is 4. The lowest BCUT2D eigenvalue weighted by Crippen LogP contribution is -2.86. The number of aliphatic hydroxyl groups excluding tert-OH is 3. The fraction of sp³-hybridized carbons (Fsp3) is 0.652. The zero-order valence-corrected chi connectivity index (χ0v) is 18.0. The maximum absolute atomic E-state index is 13.2. The second kappa shape index (κ2) is 6.97. The third kappa shape index (κ3) is 2.53. The van der Waals surface area contributed by atoms with Crippen LogP contribution in [0, 0.1) is 11.3 Å². The highest BCUT2D eigenvalue weighted by Gasteiger charge is 2.88. The van der Waals surface area contributed by atoms with Gasteiger partial charge < -0.3 is 39.0 Å². The molecule has 0 amide bonds. The fourth-order valence-electron chi connectivity index (χ4n) is 6.65. The molecule has 1 aromatic rings. The van der Waals surface area contributed by atoms with E-state index in [1.165, 1.54) is 0 Å². The van der Waals surface area contributed by atoms with Crippen molar-refractivity contribution in [3.63, 3.8) is 0 Å². The van der Waals surface area contributed by atoms with Crippen LogP contribution >= 0.6 is 0 Å². The van der Waals surface area contributed by atoms with E-state index in [4.69, 9.17) is 23.7 Å². The lowest BCUT2D eigenvalue weighted by atomic mass is 9.40. The number of carbonyl (C=O) groups excluding carboxylic acids is 2. The molecule has 3 aliphatic carbocycles. The largest absolute Gasteiger partial charge is 0.461 e. The molecule has 1 spiro atoms. The van der Waals surface area contributed by atoms with Crippen molar-refractivity contribution in [1.82, 2.24) is 0 Å². The van der Waals surface area contributed by atoms with Crippen molar-refractivity contribution in [3.05, 3.63) is 35.9 Å². The van der Waals surface area contributed by atoms with Gasteiger partial charge in [-0.05, 0) is 25.5 Å². The molecule has 178 valence electrons. The van der Waals surface area contributed by atoms with Crippen LogP contribution in [0.1, 0.15) is 30.1 Å². The SMILES string of the molecule is CC12CC3OC(=O)C4(COC(=O)c5ccccc5)C3CC14OC1C(OC(CO)C(O)C1O)O2. The van der Waals surface area contributed by atoms with Crippen LogP contribution in [0.25, 0.3) is 0 Å². The summed E-state index contributed by atoms with van der Waals surface area (Å²) in [7, 11) is 0. The third-order valence-electron chi connectivity index (χ3n) is 8.36. The predicted molar refractivity (Wildman–Crippen MR) is 107 cm³/mol. The van der Waals surface area contributed by atoms with Crippen LogP contribution in [0.15, 0.2) is 30.3 Å². The molecule has 1 aromatic carbocycles. The van der Waals surface area contributed by atoms with Gasteiger partial charge in [-0.25, -0.2) is 4.79 Å². The highest BCUT2D eigenvalue weighted by atomic mass is 16.8. The Bertz CT molecular complexity index is 985. The van der Waals surface area contributed by atoms with E-state index >= 15 is 0 Å². The normalized spacial score (nSPS) is 49.3. The predicted octanol–water partition coefficient (Wildman–Crippen LogP) is -0.469. The van der Waals surface area contributed by atoms with Crippen molar-refractivity contribution >= 4 is 11.9 Å². The summed E-state index contributed by atoms with van der Waals surface area (Å²) in [6.07, 6.45) is -5.63. The maximum Gasteiger partial charge on any atom is 0.338 e. The second-order valence-electron chi connectivity index (χ2n) is 9.84. The Balaban J connectivity index is 1.34. The van der Waals surface area contributed by atoms with Gasteiger partial charge in [0.1, 0.15) is 53.7 Å². The van der Waals surface area contributed by atoms with Gasteiger partial charge in [0.15, 0.2) is 6.29 Å². The number of ether oxygens (including phenoxy) is 5. The summed E-state index contributed by atoms with van der Waals surface area (Å²) in [5, 5.41) is 30.6. The molecule has 3 aliphatic heterocycles. The number of fused-ring (bicyclic) bond motifs is 1. The molecule has 10 atom stereocenters. The Morgan fingerprint density at radius 3 is 2.64 bits per heavy atom. The Morgan fingerprint density at radius 2 is 1.91 bits per heavy atom. The van der Waals surface area contributed by atoms with Gasteiger partial charge in [-0.1, -0.05) is 18.2 Å². The Labute approximate surface area is 189 Å². The highest BCUT2D eigenvalue weighted by Crippen LogP contribution is 2.74. The molecule has 33 heavy (non-hydrogen) atoms. The third-order valence-corrected chi connectivity index (χ3v) is 8.36. The van der Waals surface area contributed by atoms with Gasteiger partial charge in [0.25, 0.3) is 0 Å². The molecule has 6 fully saturated rings. The quantitative estimate of drug-likeness (QED) is 0.503. The average molecular weight is 462 g/mol. The molecular weight excluding hydrogens is 436 g/mol. The van der Waals surface area contributed by atoms with Crippen molar-refractivity contribution in [2.24, 2.45) is 11.3 Å². The average Bonchev–Trinajstić information content (AvgIpc) is 2.97. The van der Waals surface area contributed by atoms with Crippen LogP contribution in [-0.4, -0.2) is 88.5 Å². The van der Waals surface area contributed by atoms with Gasteiger partial charge in [0, 0.05) is 12.3 Å². The number of hydrogen-bond donors (Lipinski definition) is 3. The smallest absolute Gasteiger partial charge is 0.338 e. The molecule has 3 saturated carbocycles. The van der Waals surface area contributed by atoms with Crippen LogP contribution in [0.5, 0.6) is 0 Å². The van der Waals surface area contributed by atoms with E-state index in [1.807, 2.05) is 0 Å². The Hall–Kier alpha value is -2.08. The van der Waals surface area contributed by atoms with Gasteiger partial charge in [0.2, 0.25) is 0 Å². The summed E-state index contributed by atoms with van der Waals surface area (Å²) in [6, 6.07) is 8.47. The summed E-state index contributed by atoms with van der Waals surface area (Å²) in [5.41, 5.74) is -3.21. The number of aliphatic hydroxyl groups is 3. The number of benzene rings is 1. The monoisotopic (exact) mass is 462 g/mol. The van der Waals surface area contributed by atoms with Gasteiger partial charge in [0.05, 0.1) is 12.2 Å². The van der Waals surface area contributed by atoms with Crippen molar-refractivity contribution in [1.29, 1.82) is 0 Å². The summed E-state index contributed by atoms with van der Waals surface area (Å²) >= 11 is 0. The van der Waals surface area contributed by atoms with Crippen LogP contribution in [0.2, 0.25) is 0 Å². The van der Waals surface area contributed by atoms with Gasteiger partial charge >= 0.3 is 11.9 Å². The molecule has 3 N–H and O–H groups in total. The number of hydrogen-bond acceptors (Lipinski definition) is 10. The minimum Gasteiger partial charge on any atom is -0.461 e. The molecule has 10 nitrogen and oxygen atoms in total. The van der Waals surface area contributed by atoms with Gasteiger partial charge in [-0.15, -0.1) is 0 Å². The van der Waals surface area contributed by atoms with E-state index in [1.54, 1.807) is 37.3 Å². The van der Waals surface area contributed by atoms with Crippen molar-refractivity contribution < 1.29 is 48.6 Å². The van der Waals surface area contributed by atoms with Gasteiger partial charge in [-0.2, -0.15) is 0 Å². The van der Waals surface area contributed by atoms with E-state index in [9.17, 15) is 24.9 Å². The summed E-state index contributed by atoms with van der Waals surface area (Å²) in [6.45, 7) is 1.05. The lowest BCUT2D eigenvalue weighted by molar-refractivity contribution is -0.464. The zero-order valence-electron chi connectivity index (χ0n) is 18.0. The molecule has 0 aromatic heterocycles. The van der Waals surface area contributed by atoms with Crippen LogP contribution in [-0.2, 0) is 28.5 Å². The molecule has 3 saturated heterocycles. The molecule has 10 heteroatoms. The molecule has 10 unspecified atom stereocenters. The Kier molecular flexibility index (Phi) is 4.53. The van der Waals surface area contributed by atoms with E-state index < -0.39 is 72.0 Å². The molecule has 4 bridgehead atoms. The van der Waals surface area contributed by atoms with E-state index in [0.29, 0.717) is 18.4 Å². The topological polar surface area (TPSA) is 141 Å². The van der Waals surface area contributed by atoms with Crippen molar-refractivity contribution in [2.75, 3.05) is 13.2 Å². The maximum atomic E-state index is 13.2. The zero-order chi connectivity index (χ0) is 23.2. The number of esters is 2. The van der Waals surface area contributed by atoms with E-state index in [2.05, 4.69) is 0 Å². The fourth-order valence-corrected chi connectivity index (χ4v) is 6.65. The van der Waals surface area contributed by atoms with Crippen LogP contribution in [0.4, 0.5) is 0 Å². The summed E-state index contributed by atoms with van der Waals surface area (Å²) in [5.74, 6) is -1.31. The van der Waals surface area contributed by atoms with Crippen LogP contribution in [0.3, 0.4) is 0 Å². The van der Waals surface area contributed by atoms with E-state index in [-0.39, 0.29) is 12.5 Å². The first kappa shape index (κ1) is 21.5. The summed E-state index contributed by atoms with van der Waals surface area (Å²) in [4.78, 5) is 25.9. The molecule has 6 aliphatic rings. The summed E-state index contributed by atoms with van der Waals surface area (Å²) < 4.78 is 29.7. The minimum absolute atomic E-state index is 0.224. The first-order chi connectivity index (χ1) is 15.8. The second-order valence-corrected chi connectivity index (χ2v) is 9.84. The van der Waals surface area contributed by atoms with E-state index in [0.717, 1.165) is 0 Å².